The van der Waals surface area contributed by atoms with Crippen LogP contribution in [-0.2, 0) is 4.74 Å². The Labute approximate surface area is 147 Å². The molecule has 3 aromatic rings. The third kappa shape index (κ3) is 3.30. The summed E-state index contributed by atoms with van der Waals surface area (Å²) in [6.07, 6.45) is -0.796. The Hall–Kier alpha value is -3.55. The van der Waals surface area contributed by atoms with Gasteiger partial charge in [0.05, 0.1) is 21.4 Å². The van der Waals surface area contributed by atoms with Crippen molar-refractivity contribution in [3.63, 3.8) is 0 Å². The third-order valence-corrected chi connectivity index (χ3v) is 3.93. The molecule has 0 amide bonds. The van der Waals surface area contributed by atoms with E-state index in [1.807, 2.05) is 0 Å². The summed E-state index contributed by atoms with van der Waals surface area (Å²) in [4.78, 5) is 41.7. The number of aromatic nitrogens is 2. The first-order valence-corrected chi connectivity index (χ1v) is 7.82. The molecule has 0 fully saturated rings. The van der Waals surface area contributed by atoms with Crippen LogP contribution in [0.2, 0.25) is 0 Å². The molecule has 1 heterocycles. The Kier molecular flexibility index (Phi) is 4.49. The summed E-state index contributed by atoms with van der Waals surface area (Å²) >= 11 is 0. The Morgan fingerprint density at radius 1 is 1.27 bits per heavy atom. The average molecular weight is 353 g/mol. The molecule has 1 aromatic heterocycles. The number of aryl methyl sites for hydroxylation is 1. The summed E-state index contributed by atoms with van der Waals surface area (Å²) in [6, 6.07) is 10.8. The summed E-state index contributed by atoms with van der Waals surface area (Å²) in [7, 11) is 0. The molecule has 1 atom stereocenters. The van der Waals surface area contributed by atoms with Crippen molar-refractivity contribution in [3.05, 3.63) is 79.9 Å². The number of nitrogens with zero attached hydrogens (tertiary/aromatic N) is 2. The van der Waals surface area contributed by atoms with E-state index in [-0.39, 0.29) is 22.6 Å². The fraction of sp³-hybridized carbons (Fsp3) is 0.167. The lowest BCUT2D eigenvalue weighted by molar-refractivity contribution is -0.385. The normalized spacial score (nSPS) is 11.9. The van der Waals surface area contributed by atoms with Crippen LogP contribution in [0.5, 0.6) is 0 Å². The molecule has 2 aromatic carbocycles. The Balaban J connectivity index is 1.85. The van der Waals surface area contributed by atoms with E-state index >= 15 is 0 Å². The van der Waals surface area contributed by atoms with Gasteiger partial charge in [-0.3, -0.25) is 14.9 Å². The smallest absolute Gasteiger partial charge is 0.338 e. The molecule has 0 bridgehead atoms. The van der Waals surface area contributed by atoms with E-state index in [2.05, 4.69) is 9.97 Å². The first kappa shape index (κ1) is 17.3. The van der Waals surface area contributed by atoms with Crippen molar-refractivity contribution in [1.82, 2.24) is 9.97 Å². The van der Waals surface area contributed by atoms with E-state index in [4.69, 9.17) is 4.74 Å². The Bertz CT molecular complexity index is 1070. The summed E-state index contributed by atoms with van der Waals surface area (Å²) in [6.45, 7) is 3.13. The summed E-state index contributed by atoms with van der Waals surface area (Å²) in [5.41, 5.74) is 0.646. The van der Waals surface area contributed by atoms with Crippen LogP contribution in [-0.4, -0.2) is 20.9 Å². The SMILES string of the molecule is Cc1cc(C(=O)O[C@H](C)c2nc3ccccc3c(=O)[nH]2)ccc1[N+](=O)[O-]. The zero-order valence-corrected chi connectivity index (χ0v) is 14.1. The lowest BCUT2D eigenvalue weighted by atomic mass is 10.1. The van der Waals surface area contributed by atoms with Gasteiger partial charge >= 0.3 is 5.97 Å². The molecular weight excluding hydrogens is 338 g/mol. The topological polar surface area (TPSA) is 115 Å². The molecule has 0 aliphatic heterocycles. The molecule has 0 unspecified atom stereocenters. The Morgan fingerprint density at radius 2 is 2.00 bits per heavy atom. The second-order valence-electron chi connectivity index (χ2n) is 5.77. The largest absolute Gasteiger partial charge is 0.451 e. The van der Waals surface area contributed by atoms with Crippen LogP contribution in [0, 0.1) is 17.0 Å². The molecule has 1 N–H and O–H groups in total. The average Bonchev–Trinajstić information content (AvgIpc) is 2.61. The van der Waals surface area contributed by atoms with Gasteiger partial charge in [0.1, 0.15) is 0 Å². The van der Waals surface area contributed by atoms with Gasteiger partial charge in [-0.2, -0.15) is 0 Å². The second-order valence-corrected chi connectivity index (χ2v) is 5.77. The summed E-state index contributed by atoms with van der Waals surface area (Å²) < 4.78 is 5.34. The van der Waals surface area contributed by atoms with Gasteiger partial charge in [-0.25, -0.2) is 9.78 Å². The molecule has 3 rings (SSSR count). The van der Waals surface area contributed by atoms with E-state index < -0.39 is 17.0 Å². The maximum absolute atomic E-state index is 12.3. The molecule has 0 saturated carbocycles. The second kappa shape index (κ2) is 6.75. The number of carbonyl (C=O) groups is 1. The molecule has 0 aliphatic rings. The zero-order chi connectivity index (χ0) is 18.8. The molecule has 0 aliphatic carbocycles. The van der Waals surface area contributed by atoms with Crippen LogP contribution in [0.15, 0.2) is 47.3 Å². The molecule has 132 valence electrons. The van der Waals surface area contributed by atoms with Crippen LogP contribution in [0.25, 0.3) is 10.9 Å². The fourth-order valence-corrected chi connectivity index (χ4v) is 2.57. The van der Waals surface area contributed by atoms with Crippen LogP contribution >= 0.6 is 0 Å². The van der Waals surface area contributed by atoms with Gasteiger partial charge in [0, 0.05) is 11.6 Å². The summed E-state index contributed by atoms with van der Waals surface area (Å²) in [5, 5.41) is 11.3. The highest BCUT2D eigenvalue weighted by Gasteiger charge is 2.19. The number of nitrogens with one attached hydrogen (secondary N) is 1. The number of hydrogen-bond donors (Lipinski definition) is 1. The van der Waals surface area contributed by atoms with Crippen molar-refractivity contribution >= 4 is 22.6 Å². The van der Waals surface area contributed by atoms with E-state index in [1.165, 1.54) is 18.2 Å². The van der Waals surface area contributed by atoms with Gasteiger partial charge in [0.2, 0.25) is 0 Å². The molecular formula is C18H15N3O5. The number of rotatable bonds is 4. The number of ether oxygens (including phenoxy) is 1. The quantitative estimate of drug-likeness (QED) is 0.438. The number of fused-ring (bicyclic) bond motifs is 1. The molecule has 26 heavy (non-hydrogen) atoms. The number of nitro benzene ring substituents is 1. The van der Waals surface area contributed by atoms with Crippen LogP contribution in [0.1, 0.15) is 34.8 Å². The number of aromatic amines is 1. The standard InChI is InChI=1S/C18H15N3O5/c1-10-9-12(7-8-15(10)21(24)25)18(23)26-11(2)16-19-14-6-4-3-5-13(14)17(22)20-16/h3-9,11H,1-2H3,(H,19,20,22)/t11-/m1/s1. The lowest BCUT2D eigenvalue weighted by Gasteiger charge is -2.13. The number of hydrogen-bond acceptors (Lipinski definition) is 6. The van der Waals surface area contributed by atoms with Crippen LogP contribution < -0.4 is 5.56 Å². The van der Waals surface area contributed by atoms with Crippen LogP contribution in [0.4, 0.5) is 5.69 Å². The number of para-hydroxylation sites is 1. The predicted molar refractivity (Wildman–Crippen MR) is 94.0 cm³/mol. The number of H-pyrrole nitrogens is 1. The highest BCUT2D eigenvalue weighted by Crippen LogP contribution is 2.21. The van der Waals surface area contributed by atoms with Gasteiger partial charge in [-0.1, -0.05) is 12.1 Å². The first-order valence-electron chi connectivity index (χ1n) is 7.82. The monoisotopic (exact) mass is 353 g/mol. The molecule has 8 heteroatoms. The van der Waals surface area contributed by atoms with Crippen molar-refractivity contribution in [1.29, 1.82) is 0 Å². The van der Waals surface area contributed by atoms with Gasteiger partial charge < -0.3 is 9.72 Å². The maximum atomic E-state index is 12.3. The zero-order valence-electron chi connectivity index (χ0n) is 14.1. The van der Waals surface area contributed by atoms with E-state index in [0.29, 0.717) is 16.5 Å². The maximum Gasteiger partial charge on any atom is 0.338 e. The van der Waals surface area contributed by atoms with Gasteiger partial charge in [-0.15, -0.1) is 0 Å². The molecule has 0 saturated heterocycles. The van der Waals surface area contributed by atoms with Crippen molar-refractivity contribution in [3.8, 4) is 0 Å². The van der Waals surface area contributed by atoms with Crippen molar-refractivity contribution in [2.45, 2.75) is 20.0 Å². The minimum Gasteiger partial charge on any atom is -0.451 e. The minimum atomic E-state index is -0.796. The van der Waals surface area contributed by atoms with Gasteiger partial charge in [-0.05, 0) is 38.1 Å². The van der Waals surface area contributed by atoms with Crippen molar-refractivity contribution in [2.24, 2.45) is 0 Å². The molecule has 8 nitrogen and oxygen atoms in total. The highest BCUT2D eigenvalue weighted by atomic mass is 16.6. The minimum absolute atomic E-state index is 0.0740. The first-order chi connectivity index (χ1) is 12.4. The van der Waals surface area contributed by atoms with E-state index in [1.54, 1.807) is 38.1 Å². The highest BCUT2D eigenvalue weighted by molar-refractivity contribution is 5.90. The fourth-order valence-electron chi connectivity index (χ4n) is 2.57. The van der Waals surface area contributed by atoms with Crippen LogP contribution in [0.3, 0.4) is 0 Å². The number of nitro groups is 1. The predicted octanol–water partition coefficient (Wildman–Crippen LogP) is 3.06. The van der Waals surface area contributed by atoms with Crippen molar-refractivity contribution in [2.75, 3.05) is 0 Å². The van der Waals surface area contributed by atoms with E-state index in [9.17, 15) is 19.7 Å². The van der Waals surface area contributed by atoms with Gasteiger partial charge in [0.25, 0.3) is 11.2 Å². The third-order valence-electron chi connectivity index (χ3n) is 3.93. The summed E-state index contributed by atoms with van der Waals surface area (Å²) in [5.74, 6) is -0.438. The van der Waals surface area contributed by atoms with Gasteiger partial charge in [0.15, 0.2) is 11.9 Å². The molecule has 0 radical (unpaired) electrons. The van der Waals surface area contributed by atoms with E-state index in [0.717, 1.165) is 0 Å². The van der Waals surface area contributed by atoms with Crippen molar-refractivity contribution < 1.29 is 14.5 Å². The lowest BCUT2D eigenvalue weighted by Crippen LogP contribution is -2.17. The molecule has 0 spiro atoms. The number of benzene rings is 2. The Morgan fingerprint density at radius 3 is 2.69 bits per heavy atom. The number of esters is 1. The number of carbonyl (C=O) groups excluding carboxylic acids is 1.